The minimum absolute atomic E-state index is 0.0382. The molecule has 0 saturated carbocycles. The highest BCUT2D eigenvalue weighted by Crippen LogP contribution is 1.96. The maximum atomic E-state index is 11.5. The fraction of sp³-hybridized carbons (Fsp3) is 0.364. The van der Waals surface area contributed by atoms with Gasteiger partial charge in [-0.1, -0.05) is 12.1 Å². The van der Waals surface area contributed by atoms with Crippen molar-refractivity contribution in [2.24, 2.45) is 0 Å². The van der Waals surface area contributed by atoms with E-state index in [4.69, 9.17) is 0 Å². The molecule has 0 aliphatic heterocycles. The Labute approximate surface area is 84.7 Å². The Morgan fingerprint density at radius 1 is 1.57 bits per heavy atom. The lowest BCUT2D eigenvalue weighted by Gasteiger charge is -2.10. The minimum atomic E-state index is -0.0382. The highest BCUT2D eigenvalue weighted by molar-refractivity contribution is 5.94. The van der Waals surface area contributed by atoms with E-state index in [2.05, 4.69) is 11.4 Å². The first-order chi connectivity index (χ1) is 6.70. The maximum Gasteiger partial charge on any atom is 0.251 e. The zero-order valence-electron chi connectivity index (χ0n) is 8.58. The molecule has 1 amide bonds. The van der Waals surface area contributed by atoms with Gasteiger partial charge in [0.05, 0.1) is 0 Å². The summed E-state index contributed by atoms with van der Waals surface area (Å²) < 4.78 is 0. The quantitative estimate of drug-likeness (QED) is 0.762. The standard InChI is InChI=1S/C11H15N2O/c1-13(2)9-8-12-11(14)10-6-4-3-5-7-10/h3-4,6-7H,8-9H2,1-2H3,(H,12,14). The van der Waals surface area contributed by atoms with Gasteiger partial charge in [0, 0.05) is 18.7 Å². The molecule has 3 nitrogen and oxygen atoms in total. The molecule has 0 fully saturated rings. The number of amides is 1. The second-order valence-corrected chi connectivity index (χ2v) is 3.35. The molecule has 1 aromatic rings. The average molecular weight is 191 g/mol. The minimum Gasteiger partial charge on any atom is -0.351 e. The molecule has 0 saturated heterocycles. The highest BCUT2D eigenvalue weighted by Gasteiger charge is 2.02. The summed E-state index contributed by atoms with van der Waals surface area (Å²) in [5.74, 6) is -0.0382. The van der Waals surface area contributed by atoms with Crippen molar-refractivity contribution < 1.29 is 4.79 Å². The van der Waals surface area contributed by atoms with Crippen LogP contribution in [0.5, 0.6) is 0 Å². The fourth-order valence-corrected chi connectivity index (χ4v) is 1.03. The molecule has 1 radical (unpaired) electrons. The predicted molar refractivity (Wildman–Crippen MR) is 56.2 cm³/mol. The first-order valence-electron chi connectivity index (χ1n) is 4.59. The van der Waals surface area contributed by atoms with Crippen molar-refractivity contribution in [3.05, 3.63) is 35.9 Å². The van der Waals surface area contributed by atoms with E-state index < -0.39 is 0 Å². The van der Waals surface area contributed by atoms with Crippen molar-refractivity contribution in [3.63, 3.8) is 0 Å². The third-order valence-corrected chi connectivity index (χ3v) is 1.81. The predicted octanol–water partition coefficient (Wildman–Crippen LogP) is 0.778. The van der Waals surface area contributed by atoms with Crippen LogP contribution in [0.3, 0.4) is 0 Å². The number of carbonyl (C=O) groups excluding carboxylic acids is 1. The van der Waals surface area contributed by atoms with Gasteiger partial charge in [0.25, 0.3) is 5.91 Å². The van der Waals surface area contributed by atoms with E-state index >= 15 is 0 Å². The Kier molecular flexibility index (Phi) is 4.13. The average Bonchev–Trinajstić information content (AvgIpc) is 2.18. The van der Waals surface area contributed by atoms with Crippen molar-refractivity contribution in [1.29, 1.82) is 0 Å². The van der Waals surface area contributed by atoms with E-state index in [-0.39, 0.29) is 5.91 Å². The molecule has 0 spiro atoms. The Morgan fingerprint density at radius 2 is 2.36 bits per heavy atom. The number of nitrogens with one attached hydrogen (secondary N) is 1. The molecule has 0 atom stereocenters. The van der Waals surface area contributed by atoms with E-state index in [9.17, 15) is 4.79 Å². The third kappa shape index (κ3) is 3.58. The van der Waals surface area contributed by atoms with Crippen molar-refractivity contribution in [2.75, 3.05) is 27.2 Å². The van der Waals surface area contributed by atoms with Crippen LogP contribution in [0.1, 0.15) is 10.4 Å². The van der Waals surface area contributed by atoms with Gasteiger partial charge in [0.15, 0.2) is 0 Å². The van der Waals surface area contributed by atoms with Gasteiger partial charge >= 0.3 is 0 Å². The summed E-state index contributed by atoms with van der Waals surface area (Å²) in [5, 5.41) is 2.83. The van der Waals surface area contributed by atoms with Gasteiger partial charge in [0.1, 0.15) is 0 Å². The number of hydrogen-bond acceptors (Lipinski definition) is 2. The molecular formula is C11H15N2O. The summed E-state index contributed by atoms with van der Waals surface area (Å²) in [6.45, 7) is 1.52. The van der Waals surface area contributed by atoms with Crippen LogP contribution in [0.15, 0.2) is 24.3 Å². The molecular weight excluding hydrogens is 176 g/mol. The molecule has 0 aliphatic rings. The lowest BCUT2D eigenvalue weighted by atomic mass is 10.2. The molecule has 1 aromatic carbocycles. The number of hydrogen-bond donors (Lipinski definition) is 1. The third-order valence-electron chi connectivity index (χ3n) is 1.81. The molecule has 0 aromatic heterocycles. The van der Waals surface area contributed by atoms with Crippen LogP contribution in [0, 0.1) is 6.07 Å². The number of rotatable bonds is 4. The van der Waals surface area contributed by atoms with Crippen molar-refractivity contribution in [2.45, 2.75) is 0 Å². The summed E-state index contributed by atoms with van der Waals surface area (Å²) in [4.78, 5) is 13.5. The second kappa shape index (κ2) is 5.40. The number of likely N-dealkylation sites (N-methyl/N-ethyl adjacent to an activating group) is 1. The summed E-state index contributed by atoms with van der Waals surface area (Å²) in [5.41, 5.74) is 0.659. The number of nitrogens with zero attached hydrogens (tertiary/aromatic N) is 1. The van der Waals surface area contributed by atoms with Gasteiger partial charge in [-0.2, -0.15) is 0 Å². The zero-order valence-corrected chi connectivity index (χ0v) is 8.58. The van der Waals surface area contributed by atoms with Crippen LogP contribution < -0.4 is 5.32 Å². The lowest BCUT2D eigenvalue weighted by molar-refractivity contribution is 0.0951. The second-order valence-electron chi connectivity index (χ2n) is 3.35. The lowest BCUT2D eigenvalue weighted by Crippen LogP contribution is -2.31. The Hall–Kier alpha value is -1.35. The maximum absolute atomic E-state index is 11.5. The van der Waals surface area contributed by atoms with Crippen LogP contribution in [0.4, 0.5) is 0 Å². The van der Waals surface area contributed by atoms with Gasteiger partial charge in [-0.15, -0.1) is 0 Å². The SMILES string of the molecule is CN(C)CCNC(=O)c1c[c]ccc1. The van der Waals surface area contributed by atoms with Crippen LogP contribution in [0.2, 0.25) is 0 Å². The molecule has 14 heavy (non-hydrogen) atoms. The summed E-state index contributed by atoms with van der Waals surface area (Å²) in [7, 11) is 3.95. The van der Waals surface area contributed by atoms with Crippen LogP contribution in [-0.2, 0) is 0 Å². The van der Waals surface area contributed by atoms with Gasteiger partial charge in [-0.05, 0) is 32.3 Å². The summed E-state index contributed by atoms with van der Waals surface area (Å²) in [6.07, 6.45) is 0. The summed E-state index contributed by atoms with van der Waals surface area (Å²) >= 11 is 0. The van der Waals surface area contributed by atoms with Crippen LogP contribution in [0.25, 0.3) is 0 Å². The van der Waals surface area contributed by atoms with Crippen LogP contribution in [-0.4, -0.2) is 38.0 Å². The van der Waals surface area contributed by atoms with Gasteiger partial charge in [0.2, 0.25) is 0 Å². The van der Waals surface area contributed by atoms with Crippen LogP contribution >= 0.6 is 0 Å². The van der Waals surface area contributed by atoms with E-state index in [0.717, 1.165) is 6.54 Å². The molecule has 0 bridgehead atoms. The first-order valence-corrected chi connectivity index (χ1v) is 4.59. The highest BCUT2D eigenvalue weighted by atomic mass is 16.1. The Morgan fingerprint density at radius 3 is 2.93 bits per heavy atom. The smallest absolute Gasteiger partial charge is 0.251 e. The molecule has 1 N–H and O–H groups in total. The first kappa shape index (κ1) is 10.7. The van der Waals surface area contributed by atoms with Crippen molar-refractivity contribution in [1.82, 2.24) is 10.2 Å². The number of benzene rings is 1. The van der Waals surface area contributed by atoms with Gasteiger partial charge in [-0.3, -0.25) is 4.79 Å². The monoisotopic (exact) mass is 191 g/mol. The van der Waals surface area contributed by atoms with Crippen molar-refractivity contribution in [3.8, 4) is 0 Å². The molecule has 0 heterocycles. The molecule has 3 heteroatoms. The van der Waals surface area contributed by atoms with E-state index in [1.807, 2.05) is 19.0 Å². The Bertz CT molecular complexity index is 283. The normalized spacial score (nSPS) is 10.2. The van der Waals surface area contributed by atoms with E-state index in [1.165, 1.54) is 0 Å². The largest absolute Gasteiger partial charge is 0.351 e. The van der Waals surface area contributed by atoms with Gasteiger partial charge in [-0.25, -0.2) is 0 Å². The summed E-state index contributed by atoms with van der Waals surface area (Å²) in [6, 6.07) is 9.92. The molecule has 0 aliphatic carbocycles. The fourth-order valence-electron chi connectivity index (χ4n) is 1.03. The number of carbonyl (C=O) groups is 1. The molecule has 0 unspecified atom stereocenters. The van der Waals surface area contributed by atoms with Gasteiger partial charge < -0.3 is 10.2 Å². The molecule has 75 valence electrons. The Balaban J connectivity index is 2.36. The van der Waals surface area contributed by atoms with E-state index in [0.29, 0.717) is 12.1 Å². The van der Waals surface area contributed by atoms with E-state index in [1.54, 1.807) is 24.3 Å². The zero-order chi connectivity index (χ0) is 10.4. The van der Waals surface area contributed by atoms with Crippen molar-refractivity contribution >= 4 is 5.91 Å². The molecule has 1 rings (SSSR count). The topological polar surface area (TPSA) is 32.3 Å².